The number of halogens is 4. The molecule has 1 unspecified atom stereocenters. The highest BCUT2D eigenvalue weighted by molar-refractivity contribution is 9.10. The third kappa shape index (κ3) is 3.42. The lowest BCUT2D eigenvalue weighted by molar-refractivity contribution is -0.138. The van der Waals surface area contributed by atoms with E-state index in [0.29, 0.717) is 11.7 Å². The number of nitrogens with zero attached hydrogens (tertiary/aromatic N) is 1. The maximum absolute atomic E-state index is 12.9. The Morgan fingerprint density at radius 3 is 2.79 bits per heavy atom. The zero-order valence-electron chi connectivity index (χ0n) is 10.6. The molecule has 1 heterocycles. The molecule has 0 aromatic heterocycles. The molecule has 0 aliphatic carbocycles. The van der Waals surface area contributed by atoms with Gasteiger partial charge in [-0.15, -0.1) is 0 Å². The highest BCUT2D eigenvalue weighted by Gasteiger charge is 2.34. The van der Waals surface area contributed by atoms with Crippen molar-refractivity contribution in [3.63, 3.8) is 0 Å². The number of nitrogens with one attached hydrogen (secondary N) is 1. The van der Waals surface area contributed by atoms with Gasteiger partial charge in [-0.3, -0.25) is 0 Å². The minimum absolute atomic E-state index is 0.0891. The maximum Gasteiger partial charge on any atom is 0.417 e. The van der Waals surface area contributed by atoms with Gasteiger partial charge in [0.05, 0.1) is 5.56 Å². The van der Waals surface area contributed by atoms with E-state index in [4.69, 9.17) is 0 Å². The molecule has 1 aromatic carbocycles. The molecule has 1 aliphatic heterocycles. The molecule has 2 nitrogen and oxygen atoms in total. The quantitative estimate of drug-likeness (QED) is 0.906. The van der Waals surface area contributed by atoms with Gasteiger partial charge in [0.25, 0.3) is 0 Å². The Morgan fingerprint density at radius 2 is 2.16 bits per heavy atom. The van der Waals surface area contributed by atoms with Gasteiger partial charge in [-0.25, -0.2) is 0 Å². The lowest BCUT2D eigenvalue weighted by atomic mass is 10.2. The number of likely N-dealkylation sites (N-methyl/N-ethyl adjacent to an activating group) is 1. The smallest absolute Gasteiger partial charge is 0.370 e. The van der Waals surface area contributed by atoms with Gasteiger partial charge in [0.15, 0.2) is 0 Å². The Kier molecular flexibility index (Phi) is 4.40. The van der Waals surface area contributed by atoms with Crippen LogP contribution in [0.5, 0.6) is 0 Å². The number of rotatable bonds is 3. The molecule has 1 fully saturated rings. The van der Waals surface area contributed by atoms with Crippen molar-refractivity contribution in [2.24, 2.45) is 0 Å². The molecular weight excluding hydrogens is 321 g/mol. The van der Waals surface area contributed by atoms with Crippen LogP contribution in [0.3, 0.4) is 0 Å². The van der Waals surface area contributed by atoms with E-state index in [-0.39, 0.29) is 4.47 Å². The van der Waals surface area contributed by atoms with Crippen molar-refractivity contribution in [1.82, 2.24) is 5.32 Å². The third-order valence-corrected chi connectivity index (χ3v) is 3.99. The number of benzene rings is 1. The summed E-state index contributed by atoms with van der Waals surface area (Å²) in [6.45, 7) is 4.46. The van der Waals surface area contributed by atoms with Crippen molar-refractivity contribution in [3.05, 3.63) is 28.2 Å². The first-order chi connectivity index (χ1) is 8.91. The summed E-state index contributed by atoms with van der Waals surface area (Å²) < 4.78 is 38.6. The van der Waals surface area contributed by atoms with Gasteiger partial charge in [-0.1, -0.05) is 22.9 Å². The number of anilines is 1. The fraction of sp³-hybridized carbons (Fsp3) is 0.538. The maximum atomic E-state index is 12.9. The van der Waals surface area contributed by atoms with Crippen molar-refractivity contribution in [3.8, 4) is 0 Å². The largest absolute Gasteiger partial charge is 0.417 e. The summed E-state index contributed by atoms with van der Waals surface area (Å²) in [4.78, 5) is 2.00. The molecule has 0 bridgehead atoms. The molecule has 0 radical (unpaired) electrons. The van der Waals surface area contributed by atoms with Gasteiger partial charge in [0.1, 0.15) is 0 Å². The zero-order valence-corrected chi connectivity index (χ0v) is 12.2. The summed E-state index contributed by atoms with van der Waals surface area (Å²) in [6.07, 6.45) is -3.36. The summed E-state index contributed by atoms with van der Waals surface area (Å²) in [5.74, 6) is 0. The summed E-state index contributed by atoms with van der Waals surface area (Å²) in [5.41, 5.74) is 0.0211. The van der Waals surface area contributed by atoms with Crippen LogP contribution in [0.1, 0.15) is 18.9 Å². The fourth-order valence-corrected chi connectivity index (χ4v) is 2.85. The molecule has 2 rings (SSSR count). The summed E-state index contributed by atoms with van der Waals surface area (Å²) >= 11 is 2.96. The monoisotopic (exact) mass is 336 g/mol. The topological polar surface area (TPSA) is 15.3 Å². The molecule has 106 valence electrons. The van der Waals surface area contributed by atoms with Gasteiger partial charge in [0, 0.05) is 29.3 Å². The molecule has 1 saturated heterocycles. The van der Waals surface area contributed by atoms with E-state index in [2.05, 4.69) is 21.2 Å². The zero-order chi connectivity index (χ0) is 14.0. The fourth-order valence-electron chi connectivity index (χ4n) is 2.38. The van der Waals surface area contributed by atoms with Crippen LogP contribution in [0.4, 0.5) is 18.9 Å². The lowest BCUT2D eigenvalue weighted by Gasteiger charge is -2.21. The Morgan fingerprint density at radius 1 is 1.42 bits per heavy atom. The molecule has 1 aliphatic rings. The molecule has 19 heavy (non-hydrogen) atoms. The number of hydrogen-bond donors (Lipinski definition) is 1. The summed E-state index contributed by atoms with van der Waals surface area (Å²) in [5, 5.41) is 3.33. The van der Waals surface area contributed by atoms with E-state index < -0.39 is 11.7 Å². The SMILES string of the molecule is CCNC1CCN(c2ccc(Br)c(C(F)(F)F)c2)C1. The highest BCUT2D eigenvalue weighted by atomic mass is 79.9. The Bertz CT molecular complexity index is 448. The van der Waals surface area contributed by atoms with E-state index in [0.717, 1.165) is 26.1 Å². The van der Waals surface area contributed by atoms with Crippen LogP contribution < -0.4 is 10.2 Å². The van der Waals surface area contributed by atoms with E-state index in [1.54, 1.807) is 6.07 Å². The van der Waals surface area contributed by atoms with Crippen molar-refractivity contribution in [2.45, 2.75) is 25.6 Å². The van der Waals surface area contributed by atoms with Gasteiger partial charge >= 0.3 is 6.18 Å². The van der Waals surface area contributed by atoms with Crippen molar-refractivity contribution >= 4 is 21.6 Å². The number of alkyl halides is 3. The van der Waals surface area contributed by atoms with Gasteiger partial charge in [-0.2, -0.15) is 13.2 Å². The van der Waals surface area contributed by atoms with Crippen LogP contribution in [0.15, 0.2) is 22.7 Å². The predicted octanol–water partition coefficient (Wildman–Crippen LogP) is 3.66. The van der Waals surface area contributed by atoms with Crippen LogP contribution in [-0.4, -0.2) is 25.7 Å². The van der Waals surface area contributed by atoms with Crippen LogP contribution in [0.2, 0.25) is 0 Å². The van der Waals surface area contributed by atoms with Crippen LogP contribution in [-0.2, 0) is 6.18 Å². The first-order valence-electron chi connectivity index (χ1n) is 6.27. The molecule has 1 N–H and O–H groups in total. The first-order valence-corrected chi connectivity index (χ1v) is 7.06. The highest BCUT2D eigenvalue weighted by Crippen LogP contribution is 2.37. The average molecular weight is 337 g/mol. The Hall–Kier alpha value is -0.750. The molecule has 0 spiro atoms. The second kappa shape index (κ2) is 5.71. The van der Waals surface area contributed by atoms with Crippen LogP contribution >= 0.6 is 15.9 Å². The lowest BCUT2D eigenvalue weighted by Crippen LogP contribution is -2.32. The van der Waals surface area contributed by atoms with Crippen LogP contribution in [0.25, 0.3) is 0 Å². The minimum atomic E-state index is -4.32. The summed E-state index contributed by atoms with van der Waals surface area (Å²) in [7, 11) is 0. The van der Waals surface area contributed by atoms with Crippen LogP contribution in [0, 0.1) is 0 Å². The molecule has 0 saturated carbocycles. The standard InChI is InChI=1S/C13H16BrF3N2/c1-2-18-9-5-6-19(8-9)10-3-4-12(14)11(7-10)13(15,16)17/h3-4,7,9,18H,2,5-6,8H2,1H3. The second-order valence-electron chi connectivity index (χ2n) is 4.65. The average Bonchev–Trinajstić information content (AvgIpc) is 2.77. The van der Waals surface area contributed by atoms with Crippen molar-refractivity contribution in [1.29, 1.82) is 0 Å². The first kappa shape index (κ1) is 14.7. The number of hydrogen-bond acceptors (Lipinski definition) is 2. The third-order valence-electron chi connectivity index (χ3n) is 3.30. The molecule has 6 heteroatoms. The molecular formula is C13H16BrF3N2. The minimum Gasteiger partial charge on any atom is -0.370 e. The normalized spacial score (nSPS) is 20.1. The van der Waals surface area contributed by atoms with Gasteiger partial charge < -0.3 is 10.2 Å². The van der Waals surface area contributed by atoms with E-state index in [9.17, 15) is 13.2 Å². The predicted molar refractivity (Wildman–Crippen MR) is 73.4 cm³/mol. The van der Waals surface area contributed by atoms with Crippen molar-refractivity contribution in [2.75, 3.05) is 24.5 Å². The molecule has 0 amide bonds. The molecule has 1 aromatic rings. The van der Waals surface area contributed by atoms with E-state index in [1.807, 2.05) is 11.8 Å². The van der Waals surface area contributed by atoms with Crippen molar-refractivity contribution < 1.29 is 13.2 Å². The van der Waals surface area contributed by atoms with E-state index >= 15 is 0 Å². The second-order valence-corrected chi connectivity index (χ2v) is 5.51. The Labute approximate surface area is 119 Å². The Balaban J connectivity index is 2.18. The summed E-state index contributed by atoms with van der Waals surface area (Å²) in [6, 6.07) is 4.79. The molecule has 1 atom stereocenters. The van der Waals surface area contributed by atoms with Gasteiger partial charge in [0.2, 0.25) is 0 Å². The van der Waals surface area contributed by atoms with E-state index in [1.165, 1.54) is 12.1 Å². The van der Waals surface area contributed by atoms with Gasteiger partial charge in [-0.05, 0) is 31.2 Å².